The van der Waals surface area contributed by atoms with Gasteiger partial charge in [0, 0.05) is 16.5 Å². The van der Waals surface area contributed by atoms with E-state index in [1.165, 1.54) is 0 Å². The lowest BCUT2D eigenvalue weighted by molar-refractivity contribution is -0.277. The van der Waals surface area contributed by atoms with Crippen molar-refractivity contribution in [3.8, 4) is 5.75 Å². The molecular weight excluding hydrogens is 344 g/mol. The minimum atomic E-state index is -1.53. The highest BCUT2D eigenvalue weighted by Gasteiger charge is 2.44. The molecule has 26 heavy (non-hydrogen) atoms. The number of ether oxygens (including phenoxy) is 2. The highest BCUT2D eigenvalue weighted by atomic mass is 16.7. The van der Waals surface area contributed by atoms with Gasteiger partial charge in [0.25, 0.3) is 0 Å². The van der Waals surface area contributed by atoms with Gasteiger partial charge in [0.1, 0.15) is 35.7 Å². The van der Waals surface area contributed by atoms with Crippen molar-refractivity contribution < 1.29 is 34.3 Å². The summed E-state index contributed by atoms with van der Waals surface area (Å²) in [5.41, 5.74) is 1.78. The molecular formula is C18H22O8. The summed E-state index contributed by atoms with van der Waals surface area (Å²) in [6, 6.07) is 3.37. The van der Waals surface area contributed by atoms with Crippen molar-refractivity contribution >= 4 is 11.0 Å². The number of hydrogen-bond acceptors (Lipinski definition) is 8. The fraction of sp³-hybridized carbons (Fsp3) is 0.500. The van der Waals surface area contributed by atoms with E-state index in [9.17, 15) is 25.2 Å². The van der Waals surface area contributed by atoms with Crippen molar-refractivity contribution in [2.24, 2.45) is 0 Å². The van der Waals surface area contributed by atoms with Crippen molar-refractivity contribution in [2.75, 3.05) is 6.61 Å². The number of aryl methyl sites for hydroxylation is 2. The summed E-state index contributed by atoms with van der Waals surface area (Å²) < 4.78 is 16.4. The second-order valence-corrected chi connectivity index (χ2v) is 6.52. The van der Waals surface area contributed by atoms with Crippen LogP contribution in [0.1, 0.15) is 16.7 Å². The van der Waals surface area contributed by atoms with Gasteiger partial charge in [-0.15, -0.1) is 0 Å². The van der Waals surface area contributed by atoms with Gasteiger partial charge in [-0.05, 0) is 38.5 Å². The van der Waals surface area contributed by atoms with Crippen LogP contribution >= 0.6 is 0 Å². The van der Waals surface area contributed by atoms with Crippen LogP contribution in [0, 0.1) is 20.8 Å². The standard InChI is InChI=1S/C18H22O8/c1-7-8(2)17(23)26-16-9(3)11(5-4-10(7)16)24-18-15(22)14(21)13(20)12(6-19)25-18/h4-5,12-15,18-22H,6H2,1-3H3/t12-,13+,14+,15-,18-/m1/s1. The van der Waals surface area contributed by atoms with Crippen LogP contribution < -0.4 is 10.4 Å². The number of aliphatic hydroxyl groups excluding tert-OH is 4. The van der Waals surface area contributed by atoms with Crippen LogP contribution in [0.4, 0.5) is 0 Å². The predicted molar refractivity (Wildman–Crippen MR) is 91.1 cm³/mol. The SMILES string of the molecule is Cc1c(C)c2ccc(O[C@@H]3O[C@H](CO)[C@H](O)[C@H](O)[C@H]3O)c(C)c2oc1=O. The monoisotopic (exact) mass is 366 g/mol. The lowest BCUT2D eigenvalue weighted by Crippen LogP contribution is -2.60. The molecule has 0 radical (unpaired) electrons. The van der Waals surface area contributed by atoms with E-state index in [1.54, 1.807) is 26.0 Å². The molecule has 1 saturated heterocycles. The maximum Gasteiger partial charge on any atom is 0.339 e. The smallest absolute Gasteiger partial charge is 0.339 e. The Morgan fingerprint density at radius 3 is 2.35 bits per heavy atom. The Morgan fingerprint density at radius 1 is 1.00 bits per heavy atom. The maximum atomic E-state index is 12.0. The van der Waals surface area contributed by atoms with E-state index in [1.807, 2.05) is 6.92 Å². The fourth-order valence-electron chi connectivity index (χ4n) is 3.04. The third-order valence-corrected chi connectivity index (χ3v) is 4.92. The van der Waals surface area contributed by atoms with E-state index in [0.29, 0.717) is 16.7 Å². The predicted octanol–water partition coefficient (Wildman–Crippen LogP) is -0.103. The van der Waals surface area contributed by atoms with Crippen molar-refractivity contribution in [3.05, 3.63) is 39.2 Å². The molecule has 8 heteroatoms. The number of benzene rings is 1. The number of fused-ring (bicyclic) bond motifs is 1. The largest absolute Gasteiger partial charge is 0.462 e. The van der Waals surface area contributed by atoms with E-state index in [4.69, 9.17) is 13.9 Å². The summed E-state index contributed by atoms with van der Waals surface area (Å²) >= 11 is 0. The van der Waals surface area contributed by atoms with Crippen molar-refractivity contribution in [3.63, 3.8) is 0 Å². The summed E-state index contributed by atoms with van der Waals surface area (Å²) in [5.74, 6) is 0.285. The molecule has 1 aliphatic heterocycles. The fourth-order valence-corrected chi connectivity index (χ4v) is 3.04. The average molecular weight is 366 g/mol. The van der Waals surface area contributed by atoms with E-state index >= 15 is 0 Å². The topological polar surface area (TPSA) is 130 Å². The summed E-state index contributed by atoms with van der Waals surface area (Å²) in [5, 5.41) is 39.8. The first-order chi connectivity index (χ1) is 12.3. The van der Waals surface area contributed by atoms with Crippen molar-refractivity contribution in [1.82, 2.24) is 0 Å². The van der Waals surface area contributed by atoms with Crippen LogP contribution in [0.2, 0.25) is 0 Å². The van der Waals surface area contributed by atoms with Gasteiger partial charge < -0.3 is 34.3 Å². The quantitative estimate of drug-likeness (QED) is 0.554. The van der Waals surface area contributed by atoms with Crippen LogP contribution in [0.5, 0.6) is 5.75 Å². The molecule has 8 nitrogen and oxygen atoms in total. The first-order valence-corrected chi connectivity index (χ1v) is 8.27. The van der Waals surface area contributed by atoms with Gasteiger partial charge >= 0.3 is 5.63 Å². The zero-order chi connectivity index (χ0) is 19.2. The Kier molecular flexibility index (Phi) is 5.05. The molecule has 2 heterocycles. The molecule has 0 saturated carbocycles. The Balaban J connectivity index is 1.97. The molecule has 0 bridgehead atoms. The molecule has 1 aliphatic rings. The molecule has 142 valence electrons. The van der Waals surface area contributed by atoms with Crippen LogP contribution in [0.3, 0.4) is 0 Å². The second kappa shape index (κ2) is 6.98. The molecule has 0 aliphatic carbocycles. The van der Waals surface area contributed by atoms with Gasteiger partial charge in [-0.3, -0.25) is 0 Å². The Morgan fingerprint density at radius 2 is 1.69 bits per heavy atom. The molecule has 0 spiro atoms. The van der Waals surface area contributed by atoms with Crippen LogP contribution in [0.15, 0.2) is 21.3 Å². The number of aliphatic hydroxyl groups is 4. The van der Waals surface area contributed by atoms with E-state index < -0.39 is 42.9 Å². The normalized spacial score (nSPS) is 29.1. The molecule has 4 N–H and O–H groups in total. The minimum absolute atomic E-state index is 0.285. The van der Waals surface area contributed by atoms with E-state index in [0.717, 1.165) is 10.9 Å². The van der Waals surface area contributed by atoms with Gasteiger partial charge in [-0.25, -0.2) is 4.79 Å². The highest BCUT2D eigenvalue weighted by molar-refractivity contribution is 5.85. The molecule has 5 atom stereocenters. The Bertz CT molecular complexity index is 872. The number of hydrogen-bond donors (Lipinski definition) is 4. The third-order valence-electron chi connectivity index (χ3n) is 4.92. The minimum Gasteiger partial charge on any atom is -0.462 e. The molecule has 3 rings (SSSR count). The first-order valence-electron chi connectivity index (χ1n) is 8.27. The lowest BCUT2D eigenvalue weighted by Gasteiger charge is -2.39. The zero-order valence-electron chi connectivity index (χ0n) is 14.7. The van der Waals surface area contributed by atoms with E-state index in [2.05, 4.69) is 0 Å². The van der Waals surface area contributed by atoms with Crippen LogP contribution in [-0.4, -0.2) is 57.7 Å². The lowest BCUT2D eigenvalue weighted by atomic mass is 9.99. The van der Waals surface area contributed by atoms with Gasteiger partial charge in [-0.2, -0.15) is 0 Å². The third kappa shape index (κ3) is 3.00. The molecule has 1 fully saturated rings. The van der Waals surface area contributed by atoms with Crippen LogP contribution in [-0.2, 0) is 4.74 Å². The molecule has 1 aromatic heterocycles. The maximum absolute atomic E-state index is 12.0. The Hall–Kier alpha value is -1.97. The Labute approximate surface area is 149 Å². The summed E-state index contributed by atoms with van der Waals surface area (Å²) in [6.07, 6.45) is -6.89. The molecule has 0 unspecified atom stereocenters. The second-order valence-electron chi connectivity index (χ2n) is 6.52. The number of rotatable bonds is 3. The van der Waals surface area contributed by atoms with Gasteiger partial charge in [0.05, 0.1) is 6.61 Å². The zero-order valence-corrected chi connectivity index (χ0v) is 14.7. The van der Waals surface area contributed by atoms with Gasteiger partial charge in [0.15, 0.2) is 0 Å². The van der Waals surface area contributed by atoms with Gasteiger partial charge in [0.2, 0.25) is 6.29 Å². The molecule has 2 aromatic rings. The van der Waals surface area contributed by atoms with Crippen molar-refractivity contribution in [1.29, 1.82) is 0 Å². The van der Waals surface area contributed by atoms with Gasteiger partial charge in [-0.1, -0.05) is 0 Å². The summed E-state index contributed by atoms with van der Waals surface area (Å²) in [4.78, 5) is 12.0. The molecule has 0 amide bonds. The summed E-state index contributed by atoms with van der Waals surface area (Å²) in [6.45, 7) is 4.66. The summed E-state index contributed by atoms with van der Waals surface area (Å²) in [7, 11) is 0. The van der Waals surface area contributed by atoms with E-state index in [-0.39, 0.29) is 5.75 Å². The first kappa shape index (κ1) is 18.8. The average Bonchev–Trinajstić information content (AvgIpc) is 2.62. The highest BCUT2D eigenvalue weighted by Crippen LogP contribution is 2.32. The van der Waals surface area contributed by atoms with Crippen LogP contribution in [0.25, 0.3) is 11.0 Å². The van der Waals surface area contributed by atoms with Crippen molar-refractivity contribution in [2.45, 2.75) is 51.5 Å². The molecule has 1 aromatic carbocycles.